The lowest BCUT2D eigenvalue weighted by Crippen LogP contribution is -2.50. The van der Waals surface area contributed by atoms with E-state index in [2.05, 4.69) is 20.8 Å². The van der Waals surface area contributed by atoms with Crippen LogP contribution in [-0.4, -0.2) is 50.2 Å². The lowest BCUT2D eigenvalue weighted by molar-refractivity contribution is -0.121. The van der Waals surface area contributed by atoms with Gasteiger partial charge in [-0.1, -0.05) is 57.2 Å². The molecule has 0 atom stereocenters. The highest BCUT2D eigenvalue weighted by Gasteiger charge is 2.33. The Bertz CT molecular complexity index is 1000. The van der Waals surface area contributed by atoms with E-state index in [9.17, 15) is 9.59 Å². The number of anilines is 2. The van der Waals surface area contributed by atoms with Crippen molar-refractivity contribution in [3.63, 3.8) is 0 Å². The molecule has 0 heterocycles. The van der Waals surface area contributed by atoms with Gasteiger partial charge in [-0.05, 0) is 62.3 Å². The van der Waals surface area contributed by atoms with Crippen LogP contribution in [0.15, 0.2) is 36.4 Å². The zero-order valence-corrected chi connectivity index (χ0v) is 25.0. The fourth-order valence-corrected chi connectivity index (χ4v) is 4.46. The molecule has 0 aromatic heterocycles. The Balaban J connectivity index is 0.000000371. The molecule has 0 unspecified atom stereocenters. The van der Waals surface area contributed by atoms with E-state index in [1.54, 1.807) is 24.0 Å². The van der Waals surface area contributed by atoms with Gasteiger partial charge >= 0.3 is 0 Å². The first kappa shape index (κ1) is 32.9. The van der Waals surface area contributed by atoms with E-state index in [0.717, 1.165) is 52.9 Å². The van der Waals surface area contributed by atoms with Gasteiger partial charge in [0.2, 0.25) is 11.8 Å². The normalized spacial score (nSPS) is 11.0. The maximum absolute atomic E-state index is 12.3. The van der Waals surface area contributed by atoms with Crippen molar-refractivity contribution in [1.29, 1.82) is 0 Å². The first-order valence-corrected chi connectivity index (χ1v) is 13.6. The van der Waals surface area contributed by atoms with E-state index in [-0.39, 0.29) is 30.3 Å². The molecular formula is C29H42Cl2N2O4. The number of hydrogen-bond donors (Lipinski definition) is 0. The Labute approximate surface area is 232 Å². The largest absolute Gasteiger partial charge is 0.364 e. The summed E-state index contributed by atoms with van der Waals surface area (Å²) in [4.78, 5) is 27.5. The lowest BCUT2D eigenvalue weighted by Gasteiger charge is -2.39. The first-order chi connectivity index (χ1) is 17.6. The van der Waals surface area contributed by atoms with Gasteiger partial charge in [-0.3, -0.25) is 19.4 Å². The highest BCUT2D eigenvalue weighted by Crippen LogP contribution is 2.32. The number of rotatable bonds is 11. The molecule has 0 aliphatic carbocycles. The van der Waals surface area contributed by atoms with Crippen LogP contribution < -0.4 is 9.80 Å². The van der Waals surface area contributed by atoms with Crippen LogP contribution in [0.2, 0.25) is 0 Å². The summed E-state index contributed by atoms with van der Waals surface area (Å²) in [7, 11) is 3.17. The summed E-state index contributed by atoms with van der Waals surface area (Å²) in [5.74, 6) is -0.388. The van der Waals surface area contributed by atoms with Gasteiger partial charge in [-0.2, -0.15) is 0 Å². The Hall–Kier alpha value is -2.12. The van der Waals surface area contributed by atoms with E-state index >= 15 is 0 Å². The van der Waals surface area contributed by atoms with Crippen molar-refractivity contribution in [1.82, 2.24) is 0 Å². The van der Waals surface area contributed by atoms with Crippen molar-refractivity contribution in [2.24, 2.45) is 0 Å². The quantitative estimate of drug-likeness (QED) is 0.236. The van der Waals surface area contributed by atoms with E-state index in [1.807, 2.05) is 57.2 Å². The number of benzene rings is 2. The molecule has 0 saturated carbocycles. The predicted molar refractivity (Wildman–Crippen MR) is 155 cm³/mol. The molecule has 0 bridgehead atoms. The standard InChI is InChI=1S/C15H22ClNO2.C14H20ClNO2/c1-6-12-9-7-8-11(2)14(12)17(13(18)10-16)15(3,4)19-5;1-4-11-7-6-8-12(5-2)14(11)16(10-18-3)13(17)9-15/h7-9H,6,10H2,1-5H3;6-8H,4-5,9-10H2,1-3H3. The van der Waals surface area contributed by atoms with Crippen molar-refractivity contribution in [2.75, 3.05) is 42.5 Å². The lowest BCUT2D eigenvalue weighted by atomic mass is 10.0. The Kier molecular flexibility index (Phi) is 14.2. The maximum Gasteiger partial charge on any atom is 0.244 e. The minimum Gasteiger partial charge on any atom is -0.364 e. The second kappa shape index (κ2) is 16.0. The van der Waals surface area contributed by atoms with Gasteiger partial charge in [0.1, 0.15) is 24.2 Å². The molecule has 0 aliphatic rings. The third-order valence-corrected chi connectivity index (χ3v) is 6.69. The summed E-state index contributed by atoms with van der Waals surface area (Å²) in [6, 6.07) is 12.1. The highest BCUT2D eigenvalue weighted by molar-refractivity contribution is 6.30. The number of carbonyl (C=O) groups excluding carboxylic acids is 2. The monoisotopic (exact) mass is 552 g/mol. The van der Waals surface area contributed by atoms with Crippen LogP contribution in [0.1, 0.15) is 56.9 Å². The van der Waals surface area contributed by atoms with Crippen molar-refractivity contribution >= 4 is 46.4 Å². The third-order valence-electron chi connectivity index (χ3n) is 6.24. The summed E-state index contributed by atoms with van der Waals surface area (Å²) in [5.41, 5.74) is 5.57. The molecule has 0 fully saturated rings. The number of ether oxygens (including phenoxy) is 2. The third kappa shape index (κ3) is 8.44. The minimum atomic E-state index is -0.734. The molecule has 0 radical (unpaired) electrons. The molecule has 6 nitrogen and oxygen atoms in total. The van der Waals surface area contributed by atoms with Crippen molar-refractivity contribution in [2.45, 2.75) is 66.5 Å². The molecule has 0 aliphatic heterocycles. The van der Waals surface area contributed by atoms with E-state index in [4.69, 9.17) is 32.7 Å². The molecule has 0 spiro atoms. The smallest absolute Gasteiger partial charge is 0.244 e. The fraction of sp³-hybridized carbons (Fsp3) is 0.517. The zero-order chi connectivity index (χ0) is 28.2. The number of amides is 2. The first-order valence-electron chi connectivity index (χ1n) is 12.6. The number of halogens is 2. The number of methoxy groups -OCH3 is 2. The SMILES string of the molecule is CCc1cccc(C)c1N(C(=O)CCl)C(C)(C)OC.CCc1cccc(CC)c1N(COC)C(=O)CCl. The zero-order valence-electron chi connectivity index (χ0n) is 23.5. The summed E-state index contributed by atoms with van der Waals surface area (Å²) < 4.78 is 10.6. The number of para-hydroxylation sites is 2. The molecule has 206 valence electrons. The van der Waals surface area contributed by atoms with Gasteiger partial charge in [0, 0.05) is 14.2 Å². The number of hydrogen-bond acceptors (Lipinski definition) is 4. The number of alkyl halides is 2. The van der Waals surface area contributed by atoms with Gasteiger partial charge in [-0.15, -0.1) is 23.2 Å². The molecular weight excluding hydrogens is 511 g/mol. The van der Waals surface area contributed by atoms with Crippen molar-refractivity contribution in [3.05, 3.63) is 58.7 Å². The number of carbonyl (C=O) groups is 2. The fourth-order valence-electron chi connectivity index (χ4n) is 4.19. The summed E-state index contributed by atoms with van der Waals surface area (Å²) in [6.07, 6.45) is 2.60. The van der Waals surface area contributed by atoms with Crippen LogP contribution in [-0.2, 0) is 38.3 Å². The van der Waals surface area contributed by atoms with E-state index < -0.39 is 5.72 Å². The maximum atomic E-state index is 12.3. The topological polar surface area (TPSA) is 59.1 Å². The molecule has 2 amide bonds. The van der Waals surface area contributed by atoms with Gasteiger partial charge < -0.3 is 9.47 Å². The average Bonchev–Trinajstić information content (AvgIpc) is 2.91. The Morgan fingerprint density at radius 2 is 1.27 bits per heavy atom. The van der Waals surface area contributed by atoms with Gasteiger partial charge in [0.25, 0.3) is 0 Å². The van der Waals surface area contributed by atoms with Gasteiger partial charge in [0.05, 0.1) is 11.4 Å². The Morgan fingerprint density at radius 1 is 0.811 bits per heavy atom. The molecule has 2 rings (SSSR count). The van der Waals surface area contributed by atoms with Crippen LogP contribution >= 0.6 is 23.2 Å². The summed E-state index contributed by atoms with van der Waals surface area (Å²) in [5, 5.41) is 0. The van der Waals surface area contributed by atoms with Crippen molar-refractivity contribution < 1.29 is 19.1 Å². The molecule has 0 N–H and O–H groups in total. The van der Waals surface area contributed by atoms with Crippen LogP contribution in [0.25, 0.3) is 0 Å². The number of nitrogens with zero attached hydrogens (tertiary/aromatic N) is 2. The summed E-state index contributed by atoms with van der Waals surface area (Å²) >= 11 is 11.4. The Morgan fingerprint density at radius 3 is 1.68 bits per heavy atom. The molecule has 2 aromatic rings. The van der Waals surface area contributed by atoms with Gasteiger partial charge in [0.15, 0.2) is 0 Å². The number of aryl methyl sites for hydroxylation is 4. The summed E-state index contributed by atoms with van der Waals surface area (Å²) in [6.45, 7) is 12.2. The van der Waals surface area contributed by atoms with Crippen LogP contribution in [0.4, 0.5) is 11.4 Å². The van der Waals surface area contributed by atoms with E-state index in [0.29, 0.717) is 0 Å². The highest BCUT2D eigenvalue weighted by atomic mass is 35.5. The van der Waals surface area contributed by atoms with Gasteiger partial charge in [-0.25, -0.2) is 0 Å². The second-order valence-electron chi connectivity index (χ2n) is 8.95. The van der Waals surface area contributed by atoms with Crippen molar-refractivity contribution in [3.8, 4) is 0 Å². The predicted octanol–water partition coefficient (Wildman–Crippen LogP) is 6.50. The molecule has 0 saturated heterocycles. The minimum absolute atomic E-state index is 0.0371. The molecule has 8 heteroatoms. The van der Waals surface area contributed by atoms with E-state index in [1.165, 1.54) is 0 Å². The molecule has 2 aromatic carbocycles. The van der Waals surface area contributed by atoms with Crippen LogP contribution in [0.5, 0.6) is 0 Å². The van der Waals surface area contributed by atoms with Crippen LogP contribution in [0.3, 0.4) is 0 Å². The molecule has 37 heavy (non-hydrogen) atoms. The van der Waals surface area contributed by atoms with Crippen LogP contribution in [0, 0.1) is 6.92 Å². The second-order valence-corrected chi connectivity index (χ2v) is 9.49. The average molecular weight is 554 g/mol.